The second-order valence-corrected chi connectivity index (χ2v) is 6.12. The van der Waals surface area contributed by atoms with Crippen molar-refractivity contribution in [2.45, 2.75) is 17.6 Å². The van der Waals surface area contributed by atoms with Gasteiger partial charge in [0.05, 0.1) is 20.5 Å². The van der Waals surface area contributed by atoms with Crippen LogP contribution in [0.15, 0.2) is 41.3 Å². The fraction of sp³-hybridized carbons (Fsp3) is 0.133. The molecule has 0 spiro atoms. The Morgan fingerprint density at radius 2 is 2.04 bits per heavy atom. The lowest BCUT2D eigenvalue weighted by Crippen LogP contribution is -2.13. The van der Waals surface area contributed by atoms with Crippen LogP contribution >= 0.6 is 23.4 Å². The molecule has 0 aromatic heterocycles. The number of aryl methyl sites for hydroxylation is 1. The van der Waals surface area contributed by atoms with E-state index < -0.39 is 16.6 Å². The highest BCUT2D eigenvalue weighted by atomic mass is 35.5. The maximum absolute atomic E-state index is 12.6. The topological polar surface area (TPSA) is 72.2 Å². The summed E-state index contributed by atoms with van der Waals surface area (Å²) in [4.78, 5) is 22.6. The number of anilines is 1. The van der Waals surface area contributed by atoms with Gasteiger partial charge in [-0.05, 0) is 31.2 Å². The normalized spacial score (nSPS) is 10.7. The van der Waals surface area contributed by atoms with Crippen LogP contribution < -0.4 is 5.32 Å². The van der Waals surface area contributed by atoms with E-state index in [4.69, 9.17) is 11.6 Å². The minimum atomic E-state index is -2.69. The summed E-state index contributed by atoms with van der Waals surface area (Å²) in [5.41, 5.74) is 0.532. The van der Waals surface area contributed by atoms with E-state index in [0.29, 0.717) is 5.56 Å². The number of benzene rings is 2. The van der Waals surface area contributed by atoms with Gasteiger partial charge in [0, 0.05) is 17.2 Å². The lowest BCUT2D eigenvalue weighted by Gasteiger charge is -2.12. The lowest BCUT2D eigenvalue weighted by atomic mass is 10.1. The Balaban J connectivity index is 2.29. The molecule has 126 valence electrons. The van der Waals surface area contributed by atoms with Crippen LogP contribution in [0.3, 0.4) is 0 Å². The number of amides is 1. The molecule has 0 fully saturated rings. The first-order valence-electron chi connectivity index (χ1n) is 6.59. The zero-order chi connectivity index (χ0) is 17.9. The smallest absolute Gasteiger partial charge is 0.289 e. The molecule has 0 aliphatic heterocycles. The number of hydrogen-bond donors (Lipinski definition) is 1. The van der Waals surface area contributed by atoms with Gasteiger partial charge in [0.15, 0.2) is 0 Å². The molecule has 0 saturated carbocycles. The summed E-state index contributed by atoms with van der Waals surface area (Å²) in [7, 11) is 0. The van der Waals surface area contributed by atoms with Crippen molar-refractivity contribution >= 4 is 40.6 Å². The van der Waals surface area contributed by atoms with Crippen LogP contribution in [0.1, 0.15) is 15.9 Å². The molecule has 1 N–H and O–H groups in total. The van der Waals surface area contributed by atoms with Crippen molar-refractivity contribution in [3.8, 4) is 0 Å². The van der Waals surface area contributed by atoms with Gasteiger partial charge in [-0.1, -0.05) is 29.4 Å². The van der Waals surface area contributed by atoms with Gasteiger partial charge < -0.3 is 5.32 Å². The van der Waals surface area contributed by atoms with Gasteiger partial charge in [-0.15, -0.1) is 0 Å². The van der Waals surface area contributed by atoms with Gasteiger partial charge in [-0.25, -0.2) is 0 Å². The summed E-state index contributed by atoms with van der Waals surface area (Å²) in [5.74, 6) is -3.27. The first-order valence-corrected chi connectivity index (χ1v) is 7.85. The quantitative estimate of drug-likeness (QED) is 0.449. The van der Waals surface area contributed by atoms with Crippen LogP contribution in [0.5, 0.6) is 0 Å². The average molecular weight is 373 g/mol. The Kier molecular flexibility index (Phi) is 5.74. The zero-order valence-corrected chi connectivity index (χ0v) is 13.8. The standard InChI is InChI=1S/C15H11ClF2N2O3S/c1-8-7-9(5-6-12(8)20(22)23)14(21)19-11-4-2-3-10(16)13(11)24-15(17)18/h2-7,15H,1H3,(H,19,21). The minimum Gasteiger partial charge on any atom is -0.321 e. The number of rotatable bonds is 5. The molecule has 9 heteroatoms. The van der Waals surface area contributed by atoms with Crippen molar-refractivity contribution < 1.29 is 18.5 Å². The fourth-order valence-electron chi connectivity index (χ4n) is 2.01. The molecule has 0 atom stereocenters. The third kappa shape index (κ3) is 4.21. The van der Waals surface area contributed by atoms with Gasteiger partial charge in [0.25, 0.3) is 17.4 Å². The highest BCUT2D eigenvalue weighted by Gasteiger charge is 2.18. The van der Waals surface area contributed by atoms with E-state index in [0.717, 1.165) is 0 Å². The van der Waals surface area contributed by atoms with Crippen molar-refractivity contribution in [1.82, 2.24) is 0 Å². The molecule has 2 aromatic rings. The van der Waals surface area contributed by atoms with Gasteiger partial charge >= 0.3 is 0 Å². The summed E-state index contributed by atoms with van der Waals surface area (Å²) in [6, 6.07) is 8.29. The van der Waals surface area contributed by atoms with Crippen LogP contribution in [0.4, 0.5) is 20.2 Å². The Hall–Kier alpha value is -2.19. The van der Waals surface area contributed by atoms with Crippen molar-refractivity contribution in [3.63, 3.8) is 0 Å². The number of hydrogen-bond acceptors (Lipinski definition) is 4. The molecule has 0 radical (unpaired) electrons. The second kappa shape index (κ2) is 7.59. The summed E-state index contributed by atoms with van der Waals surface area (Å²) < 4.78 is 25.3. The number of nitrogens with one attached hydrogen (secondary N) is 1. The van der Waals surface area contributed by atoms with E-state index in [1.807, 2.05) is 0 Å². The third-order valence-corrected chi connectivity index (χ3v) is 4.36. The van der Waals surface area contributed by atoms with E-state index >= 15 is 0 Å². The maximum Gasteiger partial charge on any atom is 0.289 e. The number of halogens is 3. The van der Waals surface area contributed by atoms with Crippen LogP contribution in [-0.2, 0) is 0 Å². The van der Waals surface area contributed by atoms with Gasteiger partial charge in [-0.3, -0.25) is 14.9 Å². The summed E-state index contributed by atoms with van der Waals surface area (Å²) in [6.45, 7) is 1.51. The van der Waals surface area contributed by atoms with Crippen molar-refractivity contribution in [2.24, 2.45) is 0 Å². The molecule has 0 bridgehead atoms. The molecule has 5 nitrogen and oxygen atoms in total. The van der Waals surface area contributed by atoms with Crippen LogP contribution in [0.2, 0.25) is 5.02 Å². The summed E-state index contributed by atoms with van der Waals surface area (Å²) in [6.07, 6.45) is 0. The van der Waals surface area contributed by atoms with E-state index in [9.17, 15) is 23.7 Å². The number of carbonyl (C=O) groups is 1. The number of carbonyl (C=O) groups excluding carboxylic acids is 1. The van der Waals surface area contributed by atoms with Crippen molar-refractivity contribution in [2.75, 3.05) is 5.32 Å². The number of alkyl halides is 2. The predicted molar refractivity (Wildman–Crippen MR) is 89.1 cm³/mol. The summed E-state index contributed by atoms with van der Waals surface area (Å²) >= 11 is 6.13. The minimum absolute atomic E-state index is 0.0566. The predicted octanol–water partition coefficient (Wildman–Crippen LogP) is 5.12. The highest BCUT2D eigenvalue weighted by Crippen LogP contribution is 2.37. The van der Waals surface area contributed by atoms with Gasteiger partial charge in [0.2, 0.25) is 0 Å². The van der Waals surface area contributed by atoms with Crippen LogP contribution in [0, 0.1) is 17.0 Å². The van der Waals surface area contributed by atoms with Gasteiger partial charge in [-0.2, -0.15) is 8.78 Å². The molecule has 24 heavy (non-hydrogen) atoms. The van der Waals surface area contributed by atoms with E-state index in [2.05, 4.69) is 5.32 Å². The SMILES string of the molecule is Cc1cc(C(=O)Nc2cccc(Cl)c2SC(F)F)ccc1[N+](=O)[O-]. The van der Waals surface area contributed by atoms with E-state index in [-0.39, 0.29) is 38.6 Å². The van der Waals surface area contributed by atoms with Gasteiger partial charge in [0.1, 0.15) is 0 Å². The second-order valence-electron chi connectivity index (χ2n) is 4.71. The molecule has 1 amide bonds. The Morgan fingerprint density at radius 1 is 1.33 bits per heavy atom. The maximum atomic E-state index is 12.6. The Morgan fingerprint density at radius 3 is 2.62 bits per heavy atom. The molecule has 0 heterocycles. The number of nitrogens with zero attached hydrogens (tertiary/aromatic N) is 1. The molecular weight excluding hydrogens is 362 g/mol. The Bertz CT molecular complexity index is 802. The summed E-state index contributed by atoms with van der Waals surface area (Å²) in [5, 5.41) is 13.4. The zero-order valence-electron chi connectivity index (χ0n) is 12.3. The molecule has 0 saturated heterocycles. The van der Waals surface area contributed by atoms with Crippen molar-refractivity contribution in [3.05, 3.63) is 62.7 Å². The van der Waals surface area contributed by atoms with E-state index in [1.54, 1.807) is 0 Å². The molecular formula is C15H11ClF2N2O3S. The molecule has 2 rings (SSSR count). The first-order chi connectivity index (χ1) is 11.3. The first kappa shape index (κ1) is 18.2. The average Bonchev–Trinajstić information content (AvgIpc) is 2.49. The van der Waals surface area contributed by atoms with E-state index in [1.165, 1.54) is 43.3 Å². The number of thioether (sulfide) groups is 1. The highest BCUT2D eigenvalue weighted by molar-refractivity contribution is 7.99. The largest absolute Gasteiger partial charge is 0.321 e. The lowest BCUT2D eigenvalue weighted by molar-refractivity contribution is -0.385. The molecule has 0 unspecified atom stereocenters. The molecule has 2 aromatic carbocycles. The molecule has 0 aliphatic carbocycles. The van der Waals surface area contributed by atoms with Crippen molar-refractivity contribution in [1.29, 1.82) is 0 Å². The van der Waals surface area contributed by atoms with Crippen LogP contribution in [0.25, 0.3) is 0 Å². The number of nitro groups is 1. The monoisotopic (exact) mass is 372 g/mol. The Labute approximate surface area is 145 Å². The van der Waals surface area contributed by atoms with Crippen LogP contribution in [-0.4, -0.2) is 16.6 Å². The third-order valence-electron chi connectivity index (χ3n) is 3.08. The number of nitro benzene ring substituents is 1. The fourth-order valence-corrected chi connectivity index (χ4v) is 2.93. The molecule has 0 aliphatic rings.